The van der Waals surface area contributed by atoms with Crippen molar-refractivity contribution in [2.45, 2.75) is 6.43 Å². The van der Waals surface area contributed by atoms with E-state index in [0.717, 1.165) is 0 Å². The normalized spacial score (nSPS) is 10.1. The van der Waals surface area contributed by atoms with Crippen molar-refractivity contribution in [3.05, 3.63) is 33.1 Å². The first kappa shape index (κ1) is 12.9. The summed E-state index contributed by atoms with van der Waals surface area (Å²) in [6.07, 6.45) is -2.83. The molecule has 0 saturated carbocycles. The van der Waals surface area contributed by atoms with Gasteiger partial charge in [0.15, 0.2) is 5.69 Å². The van der Waals surface area contributed by atoms with E-state index in [4.69, 9.17) is 16.9 Å². The minimum atomic E-state index is -3.32. The second-order valence-electron chi connectivity index (χ2n) is 2.72. The van der Waals surface area contributed by atoms with Crippen molar-refractivity contribution in [1.29, 1.82) is 5.26 Å². The highest BCUT2D eigenvalue weighted by atomic mass is 35.5. The Balaban J connectivity index is 3.73. The van der Waals surface area contributed by atoms with Gasteiger partial charge in [-0.25, -0.2) is 13.8 Å². The highest BCUT2D eigenvalue weighted by Crippen LogP contribution is 2.33. The summed E-state index contributed by atoms with van der Waals surface area (Å²) in [5.41, 5.74) is -3.85. The van der Waals surface area contributed by atoms with E-state index in [9.17, 15) is 23.7 Å². The van der Waals surface area contributed by atoms with E-state index in [1.165, 1.54) is 6.07 Å². The van der Waals surface area contributed by atoms with Crippen LogP contribution >= 0.6 is 11.6 Å². The second kappa shape index (κ2) is 4.80. The zero-order valence-corrected chi connectivity index (χ0v) is 8.61. The molecule has 0 aliphatic heterocycles. The Bertz CT molecular complexity index is 542. The molecular formula is C8H2ClF2N3O3. The van der Waals surface area contributed by atoms with Crippen LogP contribution in [-0.2, 0) is 0 Å². The fraction of sp³-hybridized carbons (Fsp3) is 0.125. The van der Waals surface area contributed by atoms with Crippen LogP contribution in [0.15, 0.2) is 6.20 Å². The monoisotopic (exact) mass is 261 g/mol. The smallest absolute Gasteiger partial charge is 0.275 e. The SMILES string of the molecule is N#Cc1ncc([N+](=O)[O-])c(C(F)F)c1C(=O)Cl. The summed E-state index contributed by atoms with van der Waals surface area (Å²) in [6.45, 7) is 0. The third-order valence-corrected chi connectivity index (χ3v) is 2.00. The Hall–Kier alpha value is -2.14. The summed E-state index contributed by atoms with van der Waals surface area (Å²) < 4.78 is 25.3. The van der Waals surface area contributed by atoms with Crippen LogP contribution in [0.4, 0.5) is 14.5 Å². The number of carbonyl (C=O) groups excluding carboxylic acids is 1. The van der Waals surface area contributed by atoms with Crippen molar-refractivity contribution in [2.75, 3.05) is 0 Å². The third-order valence-electron chi connectivity index (χ3n) is 1.82. The highest BCUT2D eigenvalue weighted by molar-refractivity contribution is 6.68. The van der Waals surface area contributed by atoms with Gasteiger partial charge in [-0.1, -0.05) is 0 Å². The average molecular weight is 262 g/mol. The van der Waals surface area contributed by atoms with E-state index in [-0.39, 0.29) is 0 Å². The maximum Gasteiger partial charge on any atom is 0.297 e. The number of alkyl halides is 2. The molecule has 9 heteroatoms. The highest BCUT2D eigenvalue weighted by Gasteiger charge is 2.31. The number of nitrogens with zero attached hydrogens (tertiary/aromatic N) is 3. The van der Waals surface area contributed by atoms with Crippen molar-refractivity contribution in [3.63, 3.8) is 0 Å². The van der Waals surface area contributed by atoms with E-state index in [0.29, 0.717) is 6.20 Å². The molecule has 0 atom stereocenters. The number of nitro groups is 1. The molecule has 1 heterocycles. The number of aromatic nitrogens is 1. The fourth-order valence-electron chi connectivity index (χ4n) is 1.17. The predicted molar refractivity (Wildman–Crippen MR) is 50.7 cm³/mol. The van der Waals surface area contributed by atoms with Gasteiger partial charge in [0.2, 0.25) is 0 Å². The van der Waals surface area contributed by atoms with Crippen molar-refractivity contribution in [2.24, 2.45) is 0 Å². The minimum absolute atomic E-state index is 0.489. The van der Waals surface area contributed by atoms with Crippen molar-refractivity contribution in [1.82, 2.24) is 4.98 Å². The Labute approximate surface area is 97.6 Å². The Kier molecular flexibility index (Phi) is 3.65. The number of rotatable bonds is 3. The van der Waals surface area contributed by atoms with E-state index in [1.54, 1.807) is 0 Å². The molecule has 1 rings (SSSR count). The van der Waals surface area contributed by atoms with E-state index in [1.807, 2.05) is 0 Å². The van der Waals surface area contributed by atoms with Gasteiger partial charge in [0.05, 0.1) is 10.5 Å². The van der Waals surface area contributed by atoms with Crippen LogP contribution in [0.25, 0.3) is 0 Å². The molecule has 0 aliphatic carbocycles. The van der Waals surface area contributed by atoms with Crippen LogP contribution in [0.1, 0.15) is 28.0 Å². The summed E-state index contributed by atoms with van der Waals surface area (Å²) in [5, 5.41) is 17.7. The van der Waals surface area contributed by atoms with Crippen molar-refractivity contribution < 1.29 is 18.5 Å². The van der Waals surface area contributed by atoms with Crippen LogP contribution < -0.4 is 0 Å². The topological polar surface area (TPSA) is 96.9 Å². The number of nitriles is 1. The van der Waals surface area contributed by atoms with Gasteiger partial charge in [0.1, 0.15) is 17.8 Å². The first-order valence-corrected chi connectivity index (χ1v) is 4.33. The van der Waals surface area contributed by atoms with Gasteiger partial charge in [-0.2, -0.15) is 5.26 Å². The van der Waals surface area contributed by atoms with Gasteiger partial charge < -0.3 is 0 Å². The summed E-state index contributed by atoms with van der Waals surface area (Å²) in [7, 11) is 0. The van der Waals surface area contributed by atoms with Crippen LogP contribution in [0.3, 0.4) is 0 Å². The van der Waals surface area contributed by atoms with E-state index in [2.05, 4.69) is 4.98 Å². The molecule has 0 aliphatic rings. The number of carbonyl (C=O) groups is 1. The number of pyridine rings is 1. The molecule has 0 saturated heterocycles. The van der Waals surface area contributed by atoms with Gasteiger partial charge >= 0.3 is 0 Å². The van der Waals surface area contributed by atoms with Crippen molar-refractivity contribution >= 4 is 22.5 Å². The lowest BCUT2D eigenvalue weighted by Gasteiger charge is -2.06. The average Bonchev–Trinajstić information content (AvgIpc) is 2.26. The lowest BCUT2D eigenvalue weighted by Crippen LogP contribution is -2.08. The molecule has 0 bridgehead atoms. The molecule has 0 unspecified atom stereocenters. The summed E-state index contributed by atoms with van der Waals surface area (Å²) >= 11 is 5.03. The van der Waals surface area contributed by atoms with Gasteiger partial charge in [-0.3, -0.25) is 14.9 Å². The van der Waals surface area contributed by atoms with Gasteiger partial charge in [0.25, 0.3) is 17.4 Å². The molecule has 0 N–H and O–H groups in total. The Morgan fingerprint density at radius 2 is 2.24 bits per heavy atom. The summed E-state index contributed by atoms with van der Waals surface area (Å²) in [5.74, 6) is 0. The van der Waals surface area contributed by atoms with E-state index < -0.39 is 39.1 Å². The van der Waals surface area contributed by atoms with Crippen LogP contribution in [0, 0.1) is 21.4 Å². The van der Waals surface area contributed by atoms with Gasteiger partial charge in [0, 0.05) is 0 Å². The van der Waals surface area contributed by atoms with Gasteiger partial charge in [-0.15, -0.1) is 0 Å². The lowest BCUT2D eigenvalue weighted by molar-refractivity contribution is -0.386. The second-order valence-corrected chi connectivity index (χ2v) is 3.07. The van der Waals surface area contributed by atoms with E-state index >= 15 is 0 Å². The van der Waals surface area contributed by atoms with Crippen molar-refractivity contribution in [3.8, 4) is 6.07 Å². The molecule has 88 valence electrons. The van der Waals surface area contributed by atoms with Crippen LogP contribution in [0.5, 0.6) is 0 Å². The molecule has 0 aromatic carbocycles. The molecule has 0 fully saturated rings. The molecule has 6 nitrogen and oxygen atoms in total. The first-order chi connectivity index (χ1) is 7.90. The molecular weight excluding hydrogens is 260 g/mol. The lowest BCUT2D eigenvalue weighted by atomic mass is 10.1. The van der Waals surface area contributed by atoms with Gasteiger partial charge in [-0.05, 0) is 11.6 Å². The Morgan fingerprint density at radius 3 is 2.59 bits per heavy atom. The zero-order chi connectivity index (χ0) is 13.2. The number of halogens is 3. The largest absolute Gasteiger partial charge is 0.297 e. The number of hydrogen-bond donors (Lipinski definition) is 0. The van der Waals surface area contributed by atoms with Crippen LogP contribution in [0.2, 0.25) is 0 Å². The maximum absolute atomic E-state index is 12.7. The standard InChI is InChI=1S/C8H2ClF2N3O3/c9-7(15)5-3(1-12)13-2-4(14(16)17)6(5)8(10)11/h2,8H. The van der Waals surface area contributed by atoms with Crippen LogP contribution in [-0.4, -0.2) is 15.1 Å². The zero-order valence-electron chi connectivity index (χ0n) is 7.85. The predicted octanol–water partition coefficient (Wildman–Crippen LogP) is 2.18. The third kappa shape index (κ3) is 2.34. The summed E-state index contributed by atoms with van der Waals surface area (Å²) in [6, 6.07) is 1.37. The number of hydrogen-bond acceptors (Lipinski definition) is 5. The molecule has 17 heavy (non-hydrogen) atoms. The Morgan fingerprint density at radius 1 is 1.65 bits per heavy atom. The molecule has 0 radical (unpaired) electrons. The minimum Gasteiger partial charge on any atom is -0.275 e. The maximum atomic E-state index is 12.7. The fourth-order valence-corrected chi connectivity index (χ4v) is 1.36. The first-order valence-electron chi connectivity index (χ1n) is 3.95. The summed E-state index contributed by atoms with van der Waals surface area (Å²) in [4.78, 5) is 23.6. The molecule has 0 amide bonds. The quantitative estimate of drug-likeness (QED) is 0.472. The molecule has 0 spiro atoms. The molecule has 1 aromatic heterocycles. The molecule has 1 aromatic rings.